The number of nitriles is 1. The van der Waals surface area contributed by atoms with Crippen LogP contribution in [0.5, 0.6) is 0 Å². The van der Waals surface area contributed by atoms with Gasteiger partial charge in [0.05, 0.1) is 17.8 Å². The number of fused-ring (bicyclic) bond motifs is 1. The summed E-state index contributed by atoms with van der Waals surface area (Å²) in [6, 6.07) is 10.1. The quantitative estimate of drug-likeness (QED) is 0.717. The van der Waals surface area contributed by atoms with Crippen LogP contribution in [-0.4, -0.2) is 14.3 Å². The van der Waals surface area contributed by atoms with Crippen LogP contribution in [-0.2, 0) is 20.0 Å². The summed E-state index contributed by atoms with van der Waals surface area (Å²) in [5.74, 6) is 0. The van der Waals surface area contributed by atoms with E-state index in [-0.39, 0.29) is 0 Å². The SMILES string of the molecule is Cn1cc(CCn2ccc3c(C#N)cccc32)cn1. The molecule has 0 saturated heterocycles. The fourth-order valence-corrected chi connectivity index (χ4v) is 2.37. The molecule has 0 bridgehead atoms. The fraction of sp³-hybridized carbons (Fsp3) is 0.200. The summed E-state index contributed by atoms with van der Waals surface area (Å²) >= 11 is 0. The molecule has 0 aliphatic rings. The van der Waals surface area contributed by atoms with E-state index in [1.165, 1.54) is 5.56 Å². The third kappa shape index (κ3) is 2.11. The molecule has 0 aliphatic heterocycles. The third-order valence-corrected chi connectivity index (χ3v) is 3.33. The Morgan fingerprint density at radius 3 is 2.95 bits per heavy atom. The summed E-state index contributed by atoms with van der Waals surface area (Å²) in [4.78, 5) is 0. The average molecular weight is 250 g/mol. The lowest BCUT2D eigenvalue weighted by atomic mass is 10.1. The van der Waals surface area contributed by atoms with Crippen molar-refractivity contribution in [2.75, 3.05) is 0 Å². The van der Waals surface area contributed by atoms with Crippen molar-refractivity contribution in [3.05, 3.63) is 54.0 Å². The van der Waals surface area contributed by atoms with Gasteiger partial charge < -0.3 is 4.57 Å². The van der Waals surface area contributed by atoms with Gasteiger partial charge in [0.15, 0.2) is 0 Å². The van der Waals surface area contributed by atoms with Crippen LogP contribution in [0.3, 0.4) is 0 Å². The lowest BCUT2D eigenvalue weighted by molar-refractivity contribution is 0.720. The number of nitrogens with zero attached hydrogens (tertiary/aromatic N) is 4. The summed E-state index contributed by atoms with van der Waals surface area (Å²) in [6.45, 7) is 0.893. The van der Waals surface area contributed by atoms with Gasteiger partial charge in [-0.05, 0) is 30.2 Å². The minimum absolute atomic E-state index is 0.734. The van der Waals surface area contributed by atoms with Crippen molar-refractivity contribution in [2.24, 2.45) is 7.05 Å². The van der Waals surface area contributed by atoms with Gasteiger partial charge in [-0.3, -0.25) is 4.68 Å². The van der Waals surface area contributed by atoms with Crippen molar-refractivity contribution in [1.82, 2.24) is 14.3 Å². The molecule has 3 rings (SSSR count). The minimum Gasteiger partial charge on any atom is -0.347 e. The lowest BCUT2D eigenvalue weighted by Crippen LogP contribution is -1.99. The summed E-state index contributed by atoms with van der Waals surface area (Å²) in [5.41, 5.74) is 3.07. The van der Waals surface area contributed by atoms with Crippen molar-refractivity contribution >= 4 is 10.9 Å². The Bertz CT molecular complexity index is 758. The molecule has 0 atom stereocenters. The highest BCUT2D eigenvalue weighted by Crippen LogP contribution is 2.20. The van der Waals surface area contributed by atoms with Gasteiger partial charge in [-0.1, -0.05) is 6.07 Å². The van der Waals surface area contributed by atoms with E-state index in [1.807, 2.05) is 48.5 Å². The number of rotatable bonds is 3. The molecule has 4 heteroatoms. The van der Waals surface area contributed by atoms with Gasteiger partial charge >= 0.3 is 0 Å². The molecule has 19 heavy (non-hydrogen) atoms. The molecule has 0 saturated carbocycles. The van der Waals surface area contributed by atoms with Crippen molar-refractivity contribution < 1.29 is 0 Å². The van der Waals surface area contributed by atoms with E-state index >= 15 is 0 Å². The number of hydrogen-bond donors (Lipinski definition) is 0. The maximum absolute atomic E-state index is 9.09. The maximum atomic E-state index is 9.09. The highest BCUT2D eigenvalue weighted by Gasteiger charge is 2.05. The Morgan fingerprint density at radius 1 is 1.32 bits per heavy atom. The molecule has 0 amide bonds. The topological polar surface area (TPSA) is 46.5 Å². The van der Waals surface area contributed by atoms with E-state index < -0.39 is 0 Å². The van der Waals surface area contributed by atoms with Gasteiger partial charge in [-0.15, -0.1) is 0 Å². The molecular formula is C15H14N4. The third-order valence-electron chi connectivity index (χ3n) is 3.33. The van der Waals surface area contributed by atoms with Crippen molar-refractivity contribution in [1.29, 1.82) is 5.26 Å². The Balaban J connectivity index is 1.88. The molecule has 4 nitrogen and oxygen atoms in total. The van der Waals surface area contributed by atoms with Crippen LogP contribution in [0.2, 0.25) is 0 Å². The van der Waals surface area contributed by atoms with Crippen molar-refractivity contribution in [3.63, 3.8) is 0 Å². The molecule has 0 fully saturated rings. The first kappa shape index (κ1) is 11.5. The Kier molecular flexibility index (Phi) is 2.81. The van der Waals surface area contributed by atoms with E-state index in [2.05, 4.69) is 21.8 Å². The zero-order valence-electron chi connectivity index (χ0n) is 10.7. The molecule has 2 heterocycles. The van der Waals surface area contributed by atoms with Crippen LogP contribution in [0.15, 0.2) is 42.9 Å². The van der Waals surface area contributed by atoms with Gasteiger partial charge in [-0.2, -0.15) is 10.4 Å². The Morgan fingerprint density at radius 2 is 2.21 bits per heavy atom. The van der Waals surface area contributed by atoms with Crippen LogP contribution in [0, 0.1) is 11.3 Å². The zero-order valence-corrected chi connectivity index (χ0v) is 10.7. The average Bonchev–Trinajstić information content (AvgIpc) is 3.02. The fourth-order valence-electron chi connectivity index (χ4n) is 2.37. The second kappa shape index (κ2) is 4.62. The molecule has 0 spiro atoms. The first-order valence-corrected chi connectivity index (χ1v) is 6.23. The minimum atomic E-state index is 0.734. The summed E-state index contributed by atoms with van der Waals surface area (Å²) in [7, 11) is 1.92. The number of hydrogen-bond acceptors (Lipinski definition) is 2. The van der Waals surface area contributed by atoms with Gasteiger partial charge in [0.25, 0.3) is 0 Å². The number of aromatic nitrogens is 3. The highest BCUT2D eigenvalue weighted by atomic mass is 15.2. The van der Waals surface area contributed by atoms with Crippen LogP contribution < -0.4 is 0 Å². The van der Waals surface area contributed by atoms with Crippen LogP contribution >= 0.6 is 0 Å². The largest absolute Gasteiger partial charge is 0.347 e. The molecule has 0 aliphatic carbocycles. The first-order valence-electron chi connectivity index (χ1n) is 6.23. The second-order valence-electron chi connectivity index (χ2n) is 4.63. The Hall–Kier alpha value is -2.54. The van der Waals surface area contributed by atoms with Crippen LogP contribution in [0.25, 0.3) is 10.9 Å². The standard InChI is InChI=1S/C15H14N4/c1-18-11-12(10-17-18)5-7-19-8-6-14-13(9-16)3-2-4-15(14)19/h2-4,6,8,10-11H,5,7H2,1H3. The number of aryl methyl sites for hydroxylation is 3. The first-order chi connectivity index (χ1) is 9.28. The normalized spacial score (nSPS) is 10.7. The maximum Gasteiger partial charge on any atom is 0.0998 e. The van der Waals surface area contributed by atoms with Gasteiger partial charge in [-0.25, -0.2) is 0 Å². The predicted molar refractivity (Wildman–Crippen MR) is 73.6 cm³/mol. The van der Waals surface area contributed by atoms with Gasteiger partial charge in [0, 0.05) is 36.9 Å². The molecule has 1 aromatic carbocycles. The van der Waals surface area contributed by atoms with Gasteiger partial charge in [0.1, 0.15) is 0 Å². The summed E-state index contributed by atoms with van der Waals surface area (Å²) in [5, 5.41) is 14.3. The molecule has 94 valence electrons. The molecule has 3 aromatic rings. The van der Waals surface area contributed by atoms with Crippen LogP contribution in [0.1, 0.15) is 11.1 Å². The lowest BCUT2D eigenvalue weighted by Gasteiger charge is -2.04. The van der Waals surface area contributed by atoms with E-state index in [9.17, 15) is 0 Å². The monoisotopic (exact) mass is 250 g/mol. The highest BCUT2D eigenvalue weighted by molar-refractivity contribution is 5.85. The Labute approximate surface area is 111 Å². The van der Waals surface area contributed by atoms with Crippen molar-refractivity contribution in [2.45, 2.75) is 13.0 Å². The smallest absolute Gasteiger partial charge is 0.0998 e. The summed E-state index contributed by atoms with van der Waals surface area (Å²) in [6.07, 6.45) is 6.91. The molecular weight excluding hydrogens is 236 g/mol. The van der Waals surface area contributed by atoms with Crippen LogP contribution in [0.4, 0.5) is 0 Å². The van der Waals surface area contributed by atoms with Gasteiger partial charge in [0.2, 0.25) is 0 Å². The van der Waals surface area contributed by atoms with E-state index in [1.54, 1.807) is 0 Å². The number of benzene rings is 1. The predicted octanol–water partition coefficient (Wildman–Crippen LogP) is 2.49. The van der Waals surface area contributed by atoms with E-state index in [0.29, 0.717) is 0 Å². The molecule has 2 aromatic heterocycles. The summed E-state index contributed by atoms with van der Waals surface area (Å²) < 4.78 is 4.00. The zero-order chi connectivity index (χ0) is 13.2. The second-order valence-corrected chi connectivity index (χ2v) is 4.63. The van der Waals surface area contributed by atoms with E-state index in [0.717, 1.165) is 29.4 Å². The van der Waals surface area contributed by atoms with E-state index in [4.69, 9.17) is 5.26 Å². The molecule has 0 N–H and O–H groups in total. The molecule has 0 radical (unpaired) electrons. The van der Waals surface area contributed by atoms with Crippen molar-refractivity contribution in [3.8, 4) is 6.07 Å². The molecule has 0 unspecified atom stereocenters.